The van der Waals surface area contributed by atoms with Gasteiger partial charge in [-0.1, -0.05) is 20.8 Å². The van der Waals surface area contributed by atoms with Crippen LogP contribution in [0.3, 0.4) is 0 Å². The molecule has 0 amide bonds. The maximum Gasteiger partial charge on any atom is 0.189 e. The molecule has 2 nitrogen and oxygen atoms in total. The van der Waals surface area contributed by atoms with Gasteiger partial charge in [0.1, 0.15) is 0 Å². The second-order valence-electron chi connectivity index (χ2n) is 3.38. The molecule has 0 fully saturated rings. The Kier molecular flexibility index (Phi) is 3.39. The van der Waals surface area contributed by atoms with Gasteiger partial charge in [-0.25, -0.2) is 0 Å². The standard InChI is InChI=1S/C6H18N2Si/c1-6(2,3)9(7-4)8-5/h7-9H,1-5H3. The Bertz CT molecular complexity index is 73.6. The van der Waals surface area contributed by atoms with Gasteiger partial charge in [0.05, 0.1) is 0 Å². The highest BCUT2D eigenvalue weighted by Gasteiger charge is 2.22. The first-order valence-corrected chi connectivity index (χ1v) is 5.10. The number of hydrogen-bond acceptors (Lipinski definition) is 2. The van der Waals surface area contributed by atoms with Crippen molar-refractivity contribution in [3.05, 3.63) is 0 Å². The molecule has 0 aromatic heterocycles. The first-order valence-electron chi connectivity index (χ1n) is 3.37. The second-order valence-corrected chi connectivity index (χ2v) is 7.13. The van der Waals surface area contributed by atoms with Gasteiger partial charge in [0, 0.05) is 0 Å². The summed E-state index contributed by atoms with van der Waals surface area (Å²) in [6.07, 6.45) is 0. The Morgan fingerprint density at radius 3 is 1.33 bits per heavy atom. The second kappa shape index (κ2) is 3.34. The van der Waals surface area contributed by atoms with Crippen molar-refractivity contribution < 1.29 is 0 Å². The van der Waals surface area contributed by atoms with Gasteiger partial charge in [0.2, 0.25) is 0 Å². The molecule has 0 rings (SSSR count). The van der Waals surface area contributed by atoms with Gasteiger partial charge >= 0.3 is 0 Å². The summed E-state index contributed by atoms with van der Waals surface area (Å²) in [7, 11) is 3.17. The fraction of sp³-hybridized carbons (Fsp3) is 1.00. The third-order valence-corrected chi connectivity index (χ3v) is 4.33. The Hall–Kier alpha value is 0.137. The van der Waals surface area contributed by atoms with E-state index < -0.39 is 9.12 Å². The van der Waals surface area contributed by atoms with Crippen LogP contribution >= 0.6 is 0 Å². The van der Waals surface area contributed by atoms with Gasteiger partial charge in [-0.2, -0.15) is 0 Å². The molecule has 0 saturated carbocycles. The van der Waals surface area contributed by atoms with Crippen molar-refractivity contribution in [3.63, 3.8) is 0 Å². The summed E-state index contributed by atoms with van der Waals surface area (Å²) in [5.41, 5.74) is 0. The third-order valence-electron chi connectivity index (χ3n) is 1.44. The van der Waals surface area contributed by atoms with Crippen molar-refractivity contribution in [2.75, 3.05) is 14.1 Å². The Labute approximate surface area is 59.8 Å². The van der Waals surface area contributed by atoms with E-state index >= 15 is 0 Å². The summed E-state index contributed by atoms with van der Waals surface area (Å²) in [6.45, 7) is 6.78. The molecule has 0 heterocycles. The first-order chi connectivity index (χ1) is 4.02. The highest BCUT2D eigenvalue weighted by atomic mass is 28.3. The molecule has 3 heteroatoms. The average molecular weight is 146 g/mol. The van der Waals surface area contributed by atoms with E-state index in [1.807, 2.05) is 14.1 Å². The molecule has 2 N–H and O–H groups in total. The zero-order chi connectivity index (χ0) is 7.49. The molecule has 56 valence electrons. The molecule has 9 heavy (non-hydrogen) atoms. The van der Waals surface area contributed by atoms with E-state index in [4.69, 9.17) is 0 Å². The van der Waals surface area contributed by atoms with Crippen LogP contribution in [-0.4, -0.2) is 23.2 Å². The molecule has 0 aliphatic heterocycles. The van der Waals surface area contributed by atoms with Crippen LogP contribution in [0.15, 0.2) is 0 Å². The van der Waals surface area contributed by atoms with E-state index in [1.165, 1.54) is 0 Å². The third kappa shape index (κ3) is 2.98. The van der Waals surface area contributed by atoms with Crippen molar-refractivity contribution in [2.45, 2.75) is 25.8 Å². The van der Waals surface area contributed by atoms with Crippen molar-refractivity contribution in [1.82, 2.24) is 9.96 Å². The van der Waals surface area contributed by atoms with Crippen molar-refractivity contribution >= 4 is 9.12 Å². The predicted molar refractivity (Wildman–Crippen MR) is 45.0 cm³/mol. The molecule has 0 aliphatic rings. The molecule has 0 bridgehead atoms. The minimum atomic E-state index is -0.880. The summed E-state index contributed by atoms with van der Waals surface area (Å²) in [5.74, 6) is 0. The topological polar surface area (TPSA) is 24.1 Å². The molecule has 0 unspecified atom stereocenters. The summed E-state index contributed by atoms with van der Waals surface area (Å²) < 4.78 is 0. The van der Waals surface area contributed by atoms with Gasteiger partial charge in [-0.3, -0.25) is 0 Å². The molecular formula is C6H18N2Si. The highest BCUT2D eigenvalue weighted by molar-refractivity contribution is 6.56. The van der Waals surface area contributed by atoms with Gasteiger partial charge in [0.15, 0.2) is 9.12 Å². The number of nitrogens with one attached hydrogen (secondary N) is 2. The van der Waals surface area contributed by atoms with Gasteiger partial charge in [-0.05, 0) is 19.1 Å². The number of rotatable bonds is 2. The Morgan fingerprint density at radius 1 is 1.00 bits per heavy atom. The monoisotopic (exact) mass is 146 g/mol. The van der Waals surface area contributed by atoms with Crippen LogP contribution < -0.4 is 9.96 Å². The highest BCUT2D eigenvalue weighted by Crippen LogP contribution is 2.22. The van der Waals surface area contributed by atoms with E-state index in [9.17, 15) is 0 Å². The predicted octanol–water partition coefficient (Wildman–Crippen LogP) is 0.446. The minimum absolute atomic E-state index is 0.434. The maximum absolute atomic E-state index is 3.32. The summed E-state index contributed by atoms with van der Waals surface area (Å²) in [5, 5.41) is 0.434. The smallest absolute Gasteiger partial charge is 0.189 e. The summed E-state index contributed by atoms with van der Waals surface area (Å²) in [6, 6.07) is 0. The fourth-order valence-electron chi connectivity index (χ4n) is 1.01. The zero-order valence-corrected chi connectivity index (χ0v) is 8.23. The number of hydrogen-bond donors (Lipinski definition) is 2. The lowest BCUT2D eigenvalue weighted by Crippen LogP contribution is -2.50. The largest absolute Gasteiger partial charge is 0.330 e. The molecule has 0 saturated heterocycles. The molecule has 0 aromatic carbocycles. The molecular weight excluding hydrogens is 128 g/mol. The minimum Gasteiger partial charge on any atom is -0.330 e. The first kappa shape index (κ1) is 9.14. The molecule has 0 radical (unpaired) electrons. The SMILES string of the molecule is CN[SiH](NC)C(C)(C)C. The van der Waals surface area contributed by atoms with Crippen LogP contribution in [-0.2, 0) is 0 Å². The lowest BCUT2D eigenvalue weighted by Gasteiger charge is -2.27. The Balaban J connectivity index is 3.79. The molecule has 0 atom stereocenters. The van der Waals surface area contributed by atoms with Crippen molar-refractivity contribution in [3.8, 4) is 0 Å². The lowest BCUT2D eigenvalue weighted by molar-refractivity contribution is 0.701. The van der Waals surface area contributed by atoms with Crippen molar-refractivity contribution in [2.24, 2.45) is 0 Å². The van der Waals surface area contributed by atoms with Gasteiger partial charge in [-0.15, -0.1) is 0 Å². The van der Waals surface area contributed by atoms with E-state index in [1.54, 1.807) is 0 Å². The van der Waals surface area contributed by atoms with Crippen LogP contribution in [0.5, 0.6) is 0 Å². The summed E-state index contributed by atoms with van der Waals surface area (Å²) >= 11 is 0. The Morgan fingerprint density at radius 2 is 1.33 bits per heavy atom. The average Bonchev–Trinajstić information content (AvgIpc) is 1.65. The maximum atomic E-state index is 3.32. The molecule has 0 spiro atoms. The normalized spacial score (nSPS) is 12.7. The van der Waals surface area contributed by atoms with Crippen LogP contribution in [0.4, 0.5) is 0 Å². The zero-order valence-electron chi connectivity index (χ0n) is 7.08. The van der Waals surface area contributed by atoms with E-state index in [-0.39, 0.29) is 0 Å². The van der Waals surface area contributed by atoms with E-state index in [2.05, 4.69) is 30.7 Å². The van der Waals surface area contributed by atoms with Crippen LogP contribution in [0.2, 0.25) is 5.04 Å². The fourth-order valence-corrected chi connectivity index (χ4v) is 3.03. The molecule has 0 aromatic rings. The molecule has 0 aliphatic carbocycles. The van der Waals surface area contributed by atoms with E-state index in [0.29, 0.717) is 5.04 Å². The lowest BCUT2D eigenvalue weighted by atomic mass is 10.3. The van der Waals surface area contributed by atoms with Crippen LogP contribution in [0, 0.1) is 0 Å². The van der Waals surface area contributed by atoms with E-state index in [0.717, 1.165) is 0 Å². The quantitative estimate of drug-likeness (QED) is 0.553. The summed E-state index contributed by atoms with van der Waals surface area (Å²) in [4.78, 5) is 6.64. The van der Waals surface area contributed by atoms with Gasteiger partial charge < -0.3 is 9.96 Å². The van der Waals surface area contributed by atoms with Crippen molar-refractivity contribution in [1.29, 1.82) is 0 Å². The van der Waals surface area contributed by atoms with Gasteiger partial charge in [0.25, 0.3) is 0 Å². The van der Waals surface area contributed by atoms with Crippen LogP contribution in [0.1, 0.15) is 20.8 Å². The van der Waals surface area contributed by atoms with Crippen LogP contribution in [0.25, 0.3) is 0 Å².